The molecule has 1 aliphatic carbocycles. The van der Waals surface area contributed by atoms with Gasteiger partial charge in [0.2, 0.25) is 6.19 Å². The van der Waals surface area contributed by atoms with E-state index in [1.165, 1.54) is 37.7 Å². The first kappa shape index (κ1) is 20.3. The lowest BCUT2D eigenvalue weighted by Gasteiger charge is -2.26. The fourth-order valence-corrected chi connectivity index (χ4v) is 4.39. The van der Waals surface area contributed by atoms with Gasteiger partial charge in [-0.25, -0.2) is 0 Å². The number of ether oxygens (including phenoxy) is 1. The van der Waals surface area contributed by atoms with Crippen LogP contribution in [0.3, 0.4) is 0 Å². The molecule has 0 saturated heterocycles. The number of carbonyl (C=O) groups is 1. The van der Waals surface area contributed by atoms with Crippen molar-refractivity contribution in [2.24, 2.45) is 15.9 Å². The number of rotatable bonds is 5. The summed E-state index contributed by atoms with van der Waals surface area (Å²) in [5.41, 5.74) is 1.43. The zero-order valence-electron chi connectivity index (χ0n) is 16.0. The van der Waals surface area contributed by atoms with E-state index in [0.29, 0.717) is 31.9 Å². The summed E-state index contributed by atoms with van der Waals surface area (Å²) in [6, 6.07) is 5.08. The van der Waals surface area contributed by atoms with Gasteiger partial charge >= 0.3 is 0 Å². The summed E-state index contributed by atoms with van der Waals surface area (Å²) in [5, 5.41) is 9.68. The lowest BCUT2D eigenvalue weighted by Crippen LogP contribution is -2.26. The third kappa shape index (κ3) is 4.18. The number of Topliss-reactive ketones (excluding diaryl/α,β-unsaturated/α-hetero) is 1. The number of hydrogen-bond donors (Lipinski definition) is 0. The molecule has 1 aromatic carbocycles. The minimum Gasteiger partial charge on any atom is -0.496 e. The smallest absolute Gasteiger partial charge is 0.207 e. The predicted octanol–water partition coefficient (Wildman–Crippen LogP) is 4.35. The summed E-state index contributed by atoms with van der Waals surface area (Å²) in [4.78, 5) is 21.9. The summed E-state index contributed by atoms with van der Waals surface area (Å²) in [6.07, 6.45) is 5.40. The van der Waals surface area contributed by atoms with Gasteiger partial charge in [0.25, 0.3) is 0 Å². The van der Waals surface area contributed by atoms with E-state index in [1.54, 1.807) is 25.1 Å². The Morgan fingerprint density at radius 2 is 2.21 bits per heavy atom. The van der Waals surface area contributed by atoms with Crippen LogP contribution in [0.4, 0.5) is 0 Å². The number of aliphatic imine (C=N–C) groups is 1. The van der Waals surface area contributed by atoms with Gasteiger partial charge < -0.3 is 9.30 Å². The van der Waals surface area contributed by atoms with Crippen molar-refractivity contribution in [2.45, 2.75) is 39.7 Å². The Morgan fingerprint density at radius 3 is 2.79 bits per heavy atom. The molecule has 6 nitrogen and oxygen atoms in total. The summed E-state index contributed by atoms with van der Waals surface area (Å²) >= 11 is 7.46. The number of ketones is 1. The van der Waals surface area contributed by atoms with Gasteiger partial charge in [-0.05, 0) is 43.9 Å². The topological polar surface area (TPSA) is 79.7 Å². The second kappa shape index (κ2) is 8.72. The average Bonchev–Trinajstić information content (AvgIpc) is 2.93. The van der Waals surface area contributed by atoms with Crippen molar-refractivity contribution in [2.75, 3.05) is 7.11 Å². The monoisotopic (exact) mass is 416 g/mol. The molecule has 1 aromatic heterocycles. The van der Waals surface area contributed by atoms with E-state index >= 15 is 0 Å². The van der Waals surface area contributed by atoms with Gasteiger partial charge in [-0.2, -0.15) is 15.2 Å². The molecule has 0 unspecified atom stereocenters. The molecule has 0 N–H and O–H groups in total. The Labute approximate surface area is 172 Å². The lowest BCUT2D eigenvalue weighted by molar-refractivity contribution is 0.102. The molecular formula is C20H21ClN4O2S. The number of halogens is 1. The number of nitriles is 1. The van der Waals surface area contributed by atoms with Gasteiger partial charge in [0.15, 0.2) is 16.4 Å². The maximum absolute atomic E-state index is 12.1. The van der Waals surface area contributed by atoms with Crippen LogP contribution < -0.4 is 9.54 Å². The van der Waals surface area contributed by atoms with Crippen LogP contribution in [0.2, 0.25) is 5.02 Å². The molecule has 1 aliphatic rings. The number of thiazole rings is 1. The number of amidine groups is 1. The van der Waals surface area contributed by atoms with Crippen LogP contribution in [0.1, 0.15) is 47.1 Å². The molecule has 28 heavy (non-hydrogen) atoms. The molecule has 1 saturated carbocycles. The van der Waals surface area contributed by atoms with E-state index in [9.17, 15) is 10.1 Å². The summed E-state index contributed by atoms with van der Waals surface area (Å²) in [7, 11) is 1.54. The van der Waals surface area contributed by atoms with Crippen molar-refractivity contribution in [3.63, 3.8) is 0 Å². The quantitative estimate of drug-likeness (QED) is 0.314. The van der Waals surface area contributed by atoms with Crippen molar-refractivity contribution in [1.82, 2.24) is 4.57 Å². The van der Waals surface area contributed by atoms with E-state index in [0.717, 1.165) is 12.2 Å². The molecule has 8 heteroatoms. The van der Waals surface area contributed by atoms with E-state index in [1.807, 2.05) is 13.1 Å². The van der Waals surface area contributed by atoms with Crippen LogP contribution in [0.15, 0.2) is 28.2 Å². The summed E-state index contributed by atoms with van der Waals surface area (Å²) < 4.78 is 7.45. The molecule has 2 aromatic rings. The second-order valence-electron chi connectivity index (χ2n) is 6.75. The molecule has 1 heterocycles. The van der Waals surface area contributed by atoms with Gasteiger partial charge in [0, 0.05) is 24.2 Å². The zero-order chi connectivity index (χ0) is 20.3. The predicted molar refractivity (Wildman–Crippen MR) is 110 cm³/mol. The zero-order valence-corrected chi connectivity index (χ0v) is 17.6. The van der Waals surface area contributed by atoms with Crippen molar-refractivity contribution >= 4 is 34.6 Å². The molecule has 0 aliphatic heterocycles. The van der Waals surface area contributed by atoms with Gasteiger partial charge in [-0.1, -0.05) is 29.4 Å². The highest BCUT2D eigenvalue weighted by Gasteiger charge is 2.22. The summed E-state index contributed by atoms with van der Waals surface area (Å²) in [5.74, 6) is 1.32. The Hall–Kier alpha value is -2.43. The van der Waals surface area contributed by atoms with Gasteiger partial charge in [0.05, 0.1) is 17.6 Å². The Bertz CT molecular complexity index is 1040. The average molecular weight is 417 g/mol. The molecule has 0 radical (unpaired) electrons. The molecule has 0 spiro atoms. The van der Waals surface area contributed by atoms with Crippen molar-refractivity contribution < 1.29 is 9.53 Å². The molecule has 0 amide bonds. The molecule has 3 rings (SSSR count). The molecule has 1 fully saturated rings. The van der Waals surface area contributed by atoms with Gasteiger partial charge in [-0.15, -0.1) is 0 Å². The second-order valence-corrected chi connectivity index (χ2v) is 8.17. The fourth-order valence-electron chi connectivity index (χ4n) is 3.18. The number of carbonyl (C=O) groups excluding carboxylic acids is 1. The standard InChI is InChI=1S/C20H21ClN4O2S/c1-12-18(13(2)26)28-20(25(12)10-14-5-4-6-14)24-19(23-11-22)16-9-15(21)7-8-17(16)27-3/h7-9,14H,4-6,10H2,1-3H3/b23-19?,24-20-. The molecule has 146 valence electrons. The number of benzene rings is 1. The van der Waals surface area contributed by atoms with Crippen LogP contribution in [0.5, 0.6) is 5.75 Å². The minimum atomic E-state index is 0.00502. The maximum Gasteiger partial charge on any atom is 0.207 e. The molecule has 0 bridgehead atoms. The Balaban J connectivity index is 2.17. The van der Waals surface area contributed by atoms with Crippen LogP contribution in [-0.2, 0) is 6.54 Å². The van der Waals surface area contributed by atoms with Crippen molar-refractivity contribution in [3.05, 3.63) is 44.2 Å². The molecular weight excluding hydrogens is 396 g/mol. The SMILES string of the molecule is COc1ccc(Cl)cc1C(=NC#N)/N=c1\sc(C(C)=O)c(C)n1CC1CCC1. The third-order valence-corrected chi connectivity index (χ3v) is 6.42. The van der Waals surface area contributed by atoms with Crippen LogP contribution in [-0.4, -0.2) is 23.3 Å². The van der Waals surface area contributed by atoms with Crippen LogP contribution in [0.25, 0.3) is 0 Å². The number of nitrogens with zero attached hydrogens (tertiary/aromatic N) is 4. The van der Waals surface area contributed by atoms with Crippen molar-refractivity contribution in [3.8, 4) is 11.9 Å². The fraction of sp³-hybridized carbons (Fsp3) is 0.400. The first-order valence-electron chi connectivity index (χ1n) is 9.01. The normalized spacial score (nSPS) is 15.2. The largest absolute Gasteiger partial charge is 0.496 e. The minimum absolute atomic E-state index is 0.00502. The summed E-state index contributed by atoms with van der Waals surface area (Å²) in [6.45, 7) is 4.30. The number of methoxy groups -OCH3 is 1. The Morgan fingerprint density at radius 1 is 1.46 bits per heavy atom. The first-order chi connectivity index (χ1) is 13.4. The van der Waals surface area contributed by atoms with E-state index < -0.39 is 0 Å². The molecule has 0 atom stereocenters. The van der Waals surface area contributed by atoms with Crippen molar-refractivity contribution in [1.29, 1.82) is 5.26 Å². The first-order valence-corrected chi connectivity index (χ1v) is 10.2. The maximum atomic E-state index is 12.1. The van der Waals surface area contributed by atoms with Gasteiger partial charge in [0.1, 0.15) is 5.75 Å². The van der Waals surface area contributed by atoms with E-state index in [-0.39, 0.29) is 11.6 Å². The lowest BCUT2D eigenvalue weighted by atomic mass is 9.85. The highest BCUT2D eigenvalue weighted by molar-refractivity contribution is 7.11. The van der Waals surface area contributed by atoms with Crippen LogP contribution in [0, 0.1) is 24.3 Å². The van der Waals surface area contributed by atoms with Crippen LogP contribution >= 0.6 is 22.9 Å². The number of aromatic nitrogens is 1. The van der Waals surface area contributed by atoms with Gasteiger partial charge in [-0.3, -0.25) is 4.79 Å². The highest BCUT2D eigenvalue weighted by Crippen LogP contribution is 2.29. The van der Waals surface area contributed by atoms with E-state index in [4.69, 9.17) is 16.3 Å². The third-order valence-electron chi connectivity index (χ3n) is 4.90. The highest BCUT2D eigenvalue weighted by atomic mass is 35.5. The number of hydrogen-bond acceptors (Lipinski definition) is 5. The Kier molecular flexibility index (Phi) is 6.32. The van der Waals surface area contributed by atoms with E-state index in [2.05, 4.69) is 14.6 Å².